The summed E-state index contributed by atoms with van der Waals surface area (Å²) in [6.45, 7) is 9.67. The molecule has 0 saturated carbocycles. The van der Waals surface area contributed by atoms with E-state index >= 15 is 0 Å². The molecule has 0 amide bonds. The van der Waals surface area contributed by atoms with Gasteiger partial charge in [0.05, 0.1) is 10.6 Å². The summed E-state index contributed by atoms with van der Waals surface area (Å²) < 4.78 is 26.5. The van der Waals surface area contributed by atoms with Gasteiger partial charge in [-0.2, -0.15) is 0 Å². The predicted octanol–water partition coefficient (Wildman–Crippen LogP) is 3.03. The number of hydrogen-bond donors (Lipinski definition) is 0. The Balaban J connectivity index is 2.55. The summed E-state index contributed by atoms with van der Waals surface area (Å²) in [6, 6.07) is 6.84. The van der Waals surface area contributed by atoms with Gasteiger partial charge in [-0.15, -0.1) is 0 Å². The first-order valence-corrected chi connectivity index (χ1v) is 7.95. The molecule has 0 aliphatic heterocycles. The molecule has 0 bridgehead atoms. The molecule has 4 nitrogen and oxygen atoms in total. The van der Waals surface area contributed by atoms with Crippen LogP contribution in [0, 0.1) is 13.8 Å². The van der Waals surface area contributed by atoms with E-state index in [0.29, 0.717) is 5.82 Å². The molecule has 0 atom stereocenters. The van der Waals surface area contributed by atoms with E-state index in [-0.39, 0.29) is 10.3 Å². The number of aryl methyl sites for hydroxylation is 2. The molecule has 0 unspecified atom stereocenters. The largest absolute Gasteiger partial charge is 0.269 e. The Bertz CT molecular complexity index is 720. The van der Waals surface area contributed by atoms with E-state index in [1.165, 1.54) is 3.97 Å². The molecule has 0 radical (unpaired) electrons. The zero-order chi connectivity index (χ0) is 15.1. The SMILES string of the molecule is Cc1ccc(S(=O)(=O)n2cc(C(C)(C)C)nc2C)cc1. The van der Waals surface area contributed by atoms with E-state index in [1.54, 1.807) is 37.4 Å². The van der Waals surface area contributed by atoms with Gasteiger partial charge in [-0.25, -0.2) is 17.4 Å². The molecule has 0 aliphatic carbocycles. The molecule has 0 aliphatic rings. The van der Waals surface area contributed by atoms with E-state index < -0.39 is 10.0 Å². The minimum Gasteiger partial charge on any atom is -0.237 e. The number of aromatic nitrogens is 2. The van der Waals surface area contributed by atoms with Gasteiger partial charge in [-0.1, -0.05) is 38.5 Å². The van der Waals surface area contributed by atoms with Crippen molar-refractivity contribution in [3.8, 4) is 0 Å². The summed E-state index contributed by atoms with van der Waals surface area (Å²) in [5, 5.41) is 0. The van der Waals surface area contributed by atoms with Crippen molar-refractivity contribution in [2.75, 3.05) is 0 Å². The van der Waals surface area contributed by atoms with Gasteiger partial charge in [0.1, 0.15) is 5.82 Å². The number of benzene rings is 1. The van der Waals surface area contributed by atoms with Gasteiger partial charge in [0.15, 0.2) is 0 Å². The maximum atomic E-state index is 12.6. The Morgan fingerprint density at radius 2 is 1.60 bits per heavy atom. The molecular formula is C15H20N2O2S. The lowest BCUT2D eigenvalue weighted by Gasteiger charge is -2.14. The fourth-order valence-corrected chi connectivity index (χ4v) is 3.22. The third-order valence-electron chi connectivity index (χ3n) is 3.19. The lowest BCUT2D eigenvalue weighted by molar-refractivity contribution is 0.570. The van der Waals surface area contributed by atoms with Crippen molar-refractivity contribution in [2.24, 2.45) is 0 Å². The van der Waals surface area contributed by atoms with Crippen molar-refractivity contribution in [2.45, 2.75) is 44.9 Å². The predicted molar refractivity (Wildman–Crippen MR) is 79.4 cm³/mol. The summed E-state index contributed by atoms with van der Waals surface area (Å²) in [5.41, 5.74) is 1.62. The number of nitrogens with zero attached hydrogens (tertiary/aromatic N) is 2. The zero-order valence-corrected chi connectivity index (χ0v) is 13.3. The van der Waals surface area contributed by atoms with Gasteiger partial charge in [0, 0.05) is 11.6 Å². The molecule has 0 N–H and O–H groups in total. The molecule has 0 saturated heterocycles. The minimum absolute atomic E-state index is 0.182. The smallest absolute Gasteiger partial charge is 0.237 e. The number of imidazole rings is 1. The molecule has 108 valence electrons. The average Bonchev–Trinajstić information content (AvgIpc) is 2.72. The van der Waals surface area contributed by atoms with Crippen molar-refractivity contribution >= 4 is 10.0 Å². The van der Waals surface area contributed by atoms with Gasteiger partial charge in [0.2, 0.25) is 0 Å². The molecule has 2 aromatic rings. The molecule has 1 aromatic carbocycles. The standard InChI is InChI=1S/C15H20N2O2S/c1-11-6-8-13(9-7-11)20(18,19)17-10-14(15(3,4)5)16-12(17)2/h6-10H,1-5H3. The topological polar surface area (TPSA) is 52.0 Å². The van der Waals surface area contributed by atoms with Gasteiger partial charge < -0.3 is 0 Å². The first kappa shape index (κ1) is 14.8. The summed E-state index contributed by atoms with van der Waals surface area (Å²) in [5.74, 6) is 0.482. The van der Waals surface area contributed by atoms with Crippen LogP contribution in [0.1, 0.15) is 37.9 Å². The molecule has 2 rings (SSSR count). The van der Waals surface area contributed by atoms with E-state index in [9.17, 15) is 8.42 Å². The van der Waals surface area contributed by atoms with Crippen LogP contribution in [-0.2, 0) is 15.4 Å². The Morgan fingerprint density at radius 1 is 1.05 bits per heavy atom. The Morgan fingerprint density at radius 3 is 2.05 bits per heavy atom. The number of rotatable bonds is 2. The van der Waals surface area contributed by atoms with E-state index in [1.807, 2.05) is 27.7 Å². The van der Waals surface area contributed by atoms with Crippen LogP contribution in [0.2, 0.25) is 0 Å². The molecule has 5 heteroatoms. The van der Waals surface area contributed by atoms with Crippen molar-refractivity contribution in [1.29, 1.82) is 0 Å². The highest BCUT2D eigenvalue weighted by atomic mass is 32.2. The molecular weight excluding hydrogens is 272 g/mol. The Labute approximate surface area is 120 Å². The second-order valence-electron chi connectivity index (χ2n) is 6.04. The Kier molecular flexibility index (Phi) is 3.50. The van der Waals surface area contributed by atoms with Crippen molar-refractivity contribution in [3.05, 3.63) is 47.5 Å². The molecule has 0 spiro atoms. The van der Waals surface area contributed by atoms with Crippen LogP contribution in [-0.4, -0.2) is 17.4 Å². The van der Waals surface area contributed by atoms with Crippen molar-refractivity contribution in [1.82, 2.24) is 8.96 Å². The maximum Gasteiger partial charge on any atom is 0.269 e. The molecule has 0 fully saturated rings. The second-order valence-corrected chi connectivity index (χ2v) is 7.85. The fraction of sp³-hybridized carbons (Fsp3) is 0.400. The fourth-order valence-electron chi connectivity index (χ4n) is 1.89. The van der Waals surface area contributed by atoms with Gasteiger partial charge in [-0.05, 0) is 26.0 Å². The van der Waals surface area contributed by atoms with Crippen LogP contribution >= 0.6 is 0 Å². The Hall–Kier alpha value is -1.62. The van der Waals surface area contributed by atoms with Crippen molar-refractivity contribution < 1.29 is 8.42 Å². The first-order valence-electron chi connectivity index (χ1n) is 6.51. The average molecular weight is 292 g/mol. The minimum atomic E-state index is -3.57. The summed E-state index contributed by atoms with van der Waals surface area (Å²) in [7, 11) is -3.57. The van der Waals surface area contributed by atoms with Crippen LogP contribution in [0.3, 0.4) is 0 Å². The summed E-state index contributed by atoms with van der Waals surface area (Å²) >= 11 is 0. The molecule has 20 heavy (non-hydrogen) atoms. The lowest BCUT2D eigenvalue weighted by Crippen LogP contribution is -2.14. The highest BCUT2D eigenvalue weighted by Crippen LogP contribution is 2.24. The van der Waals surface area contributed by atoms with Gasteiger partial charge in [-0.3, -0.25) is 0 Å². The zero-order valence-electron chi connectivity index (χ0n) is 12.5. The third kappa shape index (κ3) is 2.63. The summed E-state index contributed by atoms with van der Waals surface area (Å²) in [6.07, 6.45) is 1.62. The van der Waals surface area contributed by atoms with Crippen LogP contribution in [0.15, 0.2) is 35.4 Å². The van der Waals surface area contributed by atoms with Crippen LogP contribution < -0.4 is 0 Å². The number of hydrogen-bond acceptors (Lipinski definition) is 3. The molecule has 1 aromatic heterocycles. The van der Waals surface area contributed by atoms with Crippen LogP contribution in [0.25, 0.3) is 0 Å². The normalized spacial score (nSPS) is 12.7. The lowest BCUT2D eigenvalue weighted by atomic mass is 9.93. The highest BCUT2D eigenvalue weighted by molar-refractivity contribution is 7.90. The maximum absolute atomic E-state index is 12.6. The van der Waals surface area contributed by atoms with Gasteiger partial charge in [0.25, 0.3) is 10.0 Å². The van der Waals surface area contributed by atoms with Gasteiger partial charge >= 0.3 is 0 Å². The summed E-state index contributed by atoms with van der Waals surface area (Å²) in [4.78, 5) is 4.66. The first-order chi connectivity index (χ1) is 9.12. The third-order valence-corrected chi connectivity index (χ3v) is 4.94. The van der Waals surface area contributed by atoms with E-state index in [4.69, 9.17) is 0 Å². The van der Waals surface area contributed by atoms with Crippen molar-refractivity contribution in [3.63, 3.8) is 0 Å². The highest BCUT2D eigenvalue weighted by Gasteiger charge is 2.24. The van der Waals surface area contributed by atoms with E-state index in [0.717, 1.165) is 11.3 Å². The molecule has 1 heterocycles. The quantitative estimate of drug-likeness (QED) is 0.855. The second kappa shape index (κ2) is 4.74. The monoisotopic (exact) mass is 292 g/mol. The van der Waals surface area contributed by atoms with Crippen LogP contribution in [0.4, 0.5) is 0 Å². The van der Waals surface area contributed by atoms with Crippen LogP contribution in [0.5, 0.6) is 0 Å². The van der Waals surface area contributed by atoms with E-state index in [2.05, 4.69) is 4.98 Å².